The van der Waals surface area contributed by atoms with Crippen LogP contribution >= 0.6 is 0 Å². The maximum absolute atomic E-state index is 13.5. The highest BCUT2D eigenvalue weighted by Crippen LogP contribution is 2.20. The first-order chi connectivity index (χ1) is 9.10. The van der Waals surface area contributed by atoms with Crippen molar-refractivity contribution in [2.75, 3.05) is 5.32 Å². The summed E-state index contributed by atoms with van der Waals surface area (Å²) in [5.41, 5.74) is 4.83. The lowest BCUT2D eigenvalue weighted by Gasteiger charge is -2.10. The number of hydrogen-bond donors (Lipinski definition) is 1. The Balaban J connectivity index is 2.30. The highest BCUT2D eigenvalue weighted by atomic mass is 19.1. The zero-order valence-electron chi connectivity index (χ0n) is 11.0. The molecule has 0 fully saturated rings. The molecule has 1 amide bonds. The molecule has 1 N–H and O–H groups in total. The molecule has 0 saturated carbocycles. The number of hydrogen-bond acceptors (Lipinski definition) is 1. The normalized spacial score (nSPS) is 10.3. The van der Waals surface area contributed by atoms with Crippen LogP contribution in [0, 0.1) is 19.7 Å². The second-order valence-electron chi connectivity index (χ2n) is 4.65. The van der Waals surface area contributed by atoms with Gasteiger partial charge in [-0.1, -0.05) is 12.1 Å². The number of anilines is 1. The SMILES string of the molecule is Cc1cc(F)cc(Cc2cccc(NC=O)c2)c1C. The van der Waals surface area contributed by atoms with Gasteiger partial charge in [0.2, 0.25) is 6.41 Å². The molecule has 2 nitrogen and oxygen atoms in total. The third kappa shape index (κ3) is 3.19. The largest absolute Gasteiger partial charge is 0.329 e. The van der Waals surface area contributed by atoms with E-state index in [1.807, 2.05) is 38.1 Å². The predicted octanol–water partition coefficient (Wildman–Crippen LogP) is 3.60. The first-order valence-electron chi connectivity index (χ1n) is 6.15. The van der Waals surface area contributed by atoms with E-state index in [0.717, 1.165) is 27.9 Å². The molecule has 19 heavy (non-hydrogen) atoms. The number of benzene rings is 2. The van der Waals surface area contributed by atoms with E-state index in [1.165, 1.54) is 0 Å². The fourth-order valence-electron chi connectivity index (χ4n) is 2.13. The Labute approximate surface area is 112 Å². The van der Waals surface area contributed by atoms with Crippen LogP contribution in [0.15, 0.2) is 36.4 Å². The number of nitrogens with one attached hydrogen (secondary N) is 1. The van der Waals surface area contributed by atoms with Crippen LogP contribution < -0.4 is 5.32 Å². The summed E-state index contributed by atoms with van der Waals surface area (Å²) in [4.78, 5) is 10.4. The number of carbonyl (C=O) groups is 1. The third-order valence-electron chi connectivity index (χ3n) is 3.29. The fourth-order valence-corrected chi connectivity index (χ4v) is 2.13. The average Bonchev–Trinajstić information content (AvgIpc) is 2.36. The molecule has 0 aliphatic carbocycles. The minimum atomic E-state index is -0.208. The van der Waals surface area contributed by atoms with Crippen LogP contribution in [0.1, 0.15) is 22.3 Å². The number of rotatable bonds is 4. The highest BCUT2D eigenvalue weighted by molar-refractivity contribution is 5.71. The Kier molecular flexibility index (Phi) is 3.95. The summed E-state index contributed by atoms with van der Waals surface area (Å²) < 4.78 is 13.5. The molecule has 0 heterocycles. The summed E-state index contributed by atoms with van der Waals surface area (Å²) in [5, 5.41) is 2.62. The molecule has 0 aromatic heterocycles. The summed E-state index contributed by atoms with van der Waals surface area (Å²) >= 11 is 0. The van der Waals surface area contributed by atoms with Gasteiger partial charge in [-0.05, 0) is 66.8 Å². The summed E-state index contributed by atoms with van der Waals surface area (Å²) in [5.74, 6) is -0.208. The molecule has 0 saturated heterocycles. The fraction of sp³-hybridized carbons (Fsp3) is 0.188. The summed E-state index contributed by atoms with van der Waals surface area (Å²) in [6.45, 7) is 3.91. The number of carbonyl (C=O) groups excluding carboxylic acids is 1. The smallest absolute Gasteiger partial charge is 0.211 e. The number of aryl methyl sites for hydroxylation is 1. The van der Waals surface area contributed by atoms with Gasteiger partial charge in [0.1, 0.15) is 5.82 Å². The van der Waals surface area contributed by atoms with E-state index in [0.29, 0.717) is 12.8 Å². The first kappa shape index (κ1) is 13.3. The molecule has 98 valence electrons. The monoisotopic (exact) mass is 257 g/mol. The Morgan fingerprint density at radius 2 is 2.00 bits per heavy atom. The van der Waals surface area contributed by atoms with Gasteiger partial charge < -0.3 is 5.32 Å². The molecule has 2 aromatic carbocycles. The zero-order valence-corrected chi connectivity index (χ0v) is 11.0. The molecule has 2 rings (SSSR count). The van der Waals surface area contributed by atoms with Crippen LogP contribution in [-0.4, -0.2) is 6.41 Å². The molecule has 0 unspecified atom stereocenters. The molecule has 0 aliphatic heterocycles. The first-order valence-corrected chi connectivity index (χ1v) is 6.15. The van der Waals surface area contributed by atoms with Crippen molar-refractivity contribution in [1.82, 2.24) is 0 Å². The summed E-state index contributed by atoms with van der Waals surface area (Å²) in [6.07, 6.45) is 1.30. The van der Waals surface area contributed by atoms with Gasteiger partial charge in [0.15, 0.2) is 0 Å². The van der Waals surface area contributed by atoms with Crippen LogP contribution in [0.3, 0.4) is 0 Å². The summed E-state index contributed by atoms with van der Waals surface area (Å²) in [6, 6.07) is 10.7. The molecule has 0 spiro atoms. The Hall–Kier alpha value is -2.16. The van der Waals surface area contributed by atoms with Gasteiger partial charge in [0.25, 0.3) is 0 Å². The van der Waals surface area contributed by atoms with Gasteiger partial charge in [-0.3, -0.25) is 4.79 Å². The molecule has 2 aromatic rings. The predicted molar refractivity (Wildman–Crippen MR) is 74.8 cm³/mol. The lowest BCUT2D eigenvalue weighted by Crippen LogP contribution is -1.98. The van der Waals surface area contributed by atoms with E-state index in [-0.39, 0.29) is 5.82 Å². The number of halogens is 1. The molecule has 0 atom stereocenters. The van der Waals surface area contributed by atoms with Crippen LogP contribution in [0.25, 0.3) is 0 Å². The van der Waals surface area contributed by atoms with Crippen molar-refractivity contribution >= 4 is 12.1 Å². The van der Waals surface area contributed by atoms with Gasteiger partial charge in [-0.25, -0.2) is 4.39 Å². The molecule has 3 heteroatoms. The van der Waals surface area contributed by atoms with Crippen LogP contribution in [0.2, 0.25) is 0 Å². The van der Waals surface area contributed by atoms with E-state index in [1.54, 1.807) is 12.1 Å². The van der Waals surface area contributed by atoms with Crippen molar-refractivity contribution in [3.05, 3.63) is 64.5 Å². The van der Waals surface area contributed by atoms with Crippen molar-refractivity contribution in [1.29, 1.82) is 0 Å². The molecule has 0 radical (unpaired) electrons. The minimum absolute atomic E-state index is 0.208. The van der Waals surface area contributed by atoms with Crippen molar-refractivity contribution in [2.45, 2.75) is 20.3 Å². The van der Waals surface area contributed by atoms with Crippen molar-refractivity contribution in [3.8, 4) is 0 Å². The van der Waals surface area contributed by atoms with Gasteiger partial charge in [-0.15, -0.1) is 0 Å². The topological polar surface area (TPSA) is 29.1 Å². The van der Waals surface area contributed by atoms with E-state index >= 15 is 0 Å². The Morgan fingerprint density at radius 3 is 2.74 bits per heavy atom. The van der Waals surface area contributed by atoms with E-state index in [4.69, 9.17) is 0 Å². The maximum Gasteiger partial charge on any atom is 0.211 e. The van der Waals surface area contributed by atoms with Crippen molar-refractivity contribution in [3.63, 3.8) is 0 Å². The third-order valence-corrected chi connectivity index (χ3v) is 3.29. The van der Waals surface area contributed by atoms with Gasteiger partial charge >= 0.3 is 0 Å². The van der Waals surface area contributed by atoms with Crippen molar-refractivity contribution in [2.24, 2.45) is 0 Å². The van der Waals surface area contributed by atoms with Crippen LogP contribution in [0.5, 0.6) is 0 Å². The second-order valence-corrected chi connectivity index (χ2v) is 4.65. The number of amides is 1. The molecular weight excluding hydrogens is 241 g/mol. The zero-order chi connectivity index (χ0) is 13.8. The molecule has 0 bridgehead atoms. The van der Waals surface area contributed by atoms with Crippen LogP contribution in [-0.2, 0) is 11.2 Å². The van der Waals surface area contributed by atoms with Gasteiger partial charge in [0, 0.05) is 5.69 Å². The lowest BCUT2D eigenvalue weighted by atomic mass is 9.97. The minimum Gasteiger partial charge on any atom is -0.329 e. The Morgan fingerprint density at radius 1 is 1.21 bits per heavy atom. The second kappa shape index (κ2) is 5.65. The lowest BCUT2D eigenvalue weighted by molar-refractivity contribution is -0.105. The Bertz CT molecular complexity index is 608. The highest BCUT2D eigenvalue weighted by Gasteiger charge is 2.06. The standard InChI is InChI=1S/C16H16FNO/c1-11-6-15(17)9-14(12(11)2)7-13-4-3-5-16(8-13)18-10-19/h3-6,8-10H,7H2,1-2H3,(H,18,19). The van der Waals surface area contributed by atoms with Gasteiger partial charge in [0.05, 0.1) is 0 Å². The van der Waals surface area contributed by atoms with E-state index in [9.17, 15) is 9.18 Å². The van der Waals surface area contributed by atoms with E-state index in [2.05, 4.69) is 5.32 Å². The maximum atomic E-state index is 13.5. The van der Waals surface area contributed by atoms with Crippen LogP contribution in [0.4, 0.5) is 10.1 Å². The van der Waals surface area contributed by atoms with E-state index < -0.39 is 0 Å². The quantitative estimate of drug-likeness (QED) is 0.833. The van der Waals surface area contributed by atoms with Gasteiger partial charge in [-0.2, -0.15) is 0 Å². The molecule has 0 aliphatic rings. The molecular formula is C16H16FNO. The average molecular weight is 257 g/mol. The van der Waals surface area contributed by atoms with Crippen molar-refractivity contribution < 1.29 is 9.18 Å². The summed E-state index contributed by atoms with van der Waals surface area (Å²) in [7, 11) is 0.